The molecule has 3 rings (SSSR count). The van der Waals surface area contributed by atoms with Gasteiger partial charge in [0.1, 0.15) is 5.82 Å². The molecular formula is C16H21N3O. The molecule has 0 amide bonds. The Morgan fingerprint density at radius 2 is 2.20 bits per heavy atom. The van der Waals surface area contributed by atoms with Crippen LogP contribution in [0.5, 0.6) is 0 Å². The van der Waals surface area contributed by atoms with Crippen molar-refractivity contribution in [3.05, 3.63) is 29.6 Å². The molecule has 4 heteroatoms. The number of H-pyrrole nitrogens is 1. The highest BCUT2D eigenvalue weighted by molar-refractivity contribution is 6.00. The van der Waals surface area contributed by atoms with Crippen LogP contribution in [0.4, 0.5) is 0 Å². The van der Waals surface area contributed by atoms with Crippen LogP contribution in [0.15, 0.2) is 18.2 Å². The fourth-order valence-electron chi connectivity index (χ4n) is 2.87. The highest BCUT2D eigenvalue weighted by atomic mass is 16.1. The SMILES string of the molecule is CCc1nc2ccc(C(=O)CNC3CCCC3)cc2[nH]1. The lowest BCUT2D eigenvalue weighted by atomic mass is 10.1. The zero-order valence-corrected chi connectivity index (χ0v) is 11.9. The van der Waals surface area contributed by atoms with Gasteiger partial charge in [-0.3, -0.25) is 4.79 Å². The first-order valence-electron chi connectivity index (χ1n) is 7.51. The first-order chi connectivity index (χ1) is 9.76. The molecule has 0 radical (unpaired) electrons. The third-order valence-corrected chi connectivity index (χ3v) is 4.09. The van der Waals surface area contributed by atoms with Gasteiger partial charge in [0, 0.05) is 18.0 Å². The van der Waals surface area contributed by atoms with Gasteiger partial charge in [-0.1, -0.05) is 19.8 Å². The van der Waals surface area contributed by atoms with Gasteiger partial charge in [-0.05, 0) is 31.0 Å². The average Bonchev–Trinajstić information content (AvgIpc) is 3.12. The number of ketones is 1. The molecule has 0 unspecified atom stereocenters. The van der Waals surface area contributed by atoms with Crippen LogP contribution < -0.4 is 5.32 Å². The molecule has 1 aromatic heterocycles. The van der Waals surface area contributed by atoms with Crippen LogP contribution in [-0.4, -0.2) is 28.3 Å². The maximum atomic E-state index is 12.2. The smallest absolute Gasteiger partial charge is 0.176 e. The minimum Gasteiger partial charge on any atom is -0.342 e. The summed E-state index contributed by atoms with van der Waals surface area (Å²) in [5.74, 6) is 1.13. The van der Waals surface area contributed by atoms with E-state index in [2.05, 4.69) is 22.2 Å². The summed E-state index contributed by atoms with van der Waals surface area (Å²) in [6, 6.07) is 6.25. The molecule has 1 heterocycles. The molecule has 106 valence electrons. The Bertz CT molecular complexity index is 611. The van der Waals surface area contributed by atoms with Crippen LogP contribution in [0.1, 0.15) is 48.8 Å². The van der Waals surface area contributed by atoms with Crippen LogP contribution in [0.25, 0.3) is 11.0 Å². The molecular weight excluding hydrogens is 250 g/mol. The van der Waals surface area contributed by atoms with E-state index in [0.717, 1.165) is 28.8 Å². The number of nitrogens with one attached hydrogen (secondary N) is 2. The van der Waals surface area contributed by atoms with E-state index in [1.807, 2.05) is 18.2 Å². The summed E-state index contributed by atoms with van der Waals surface area (Å²) in [4.78, 5) is 19.9. The van der Waals surface area contributed by atoms with E-state index >= 15 is 0 Å². The molecule has 0 aliphatic heterocycles. The van der Waals surface area contributed by atoms with Gasteiger partial charge < -0.3 is 10.3 Å². The van der Waals surface area contributed by atoms with E-state index in [1.165, 1.54) is 25.7 Å². The fourth-order valence-corrected chi connectivity index (χ4v) is 2.87. The Morgan fingerprint density at radius 3 is 2.95 bits per heavy atom. The monoisotopic (exact) mass is 271 g/mol. The standard InChI is InChI=1S/C16H21N3O/c1-2-16-18-13-8-7-11(9-14(13)19-16)15(20)10-17-12-5-3-4-6-12/h7-9,12,17H,2-6,10H2,1H3,(H,18,19). The van der Waals surface area contributed by atoms with Crippen molar-refractivity contribution >= 4 is 16.8 Å². The zero-order valence-electron chi connectivity index (χ0n) is 11.9. The molecule has 1 aliphatic rings. The molecule has 1 aliphatic carbocycles. The van der Waals surface area contributed by atoms with Gasteiger partial charge in [-0.15, -0.1) is 0 Å². The number of aromatic amines is 1. The summed E-state index contributed by atoms with van der Waals surface area (Å²) < 4.78 is 0. The molecule has 0 spiro atoms. The van der Waals surface area contributed by atoms with Gasteiger partial charge in [-0.2, -0.15) is 0 Å². The molecule has 1 fully saturated rings. The van der Waals surface area contributed by atoms with Gasteiger partial charge >= 0.3 is 0 Å². The minimum atomic E-state index is 0.159. The third kappa shape index (κ3) is 2.75. The van der Waals surface area contributed by atoms with Gasteiger partial charge in [-0.25, -0.2) is 4.98 Å². The second kappa shape index (κ2) is 5.75. The molecule has 1 aromatic carbocycles. The van der Waals surface area contributed by atoms with Crippen LogP contribution in [0.3, 0.4) is 0 Å². The maximum Gasteiger partial charge on any atom is 0.176 e. The number of fused-ring (bicyclic) bond motifs is 1. The molecule has 1 saturated carbocycles. The molecule has 20 heavy (non-hydrogen) atoms. The minimum absolute atomic E-state index is 0.159. The number of aryl methyl sites for hydroxylation is 1. The van der Waals surface area contributed by atoms with E-state index in [9.17, 15) is 4.79 Å². The third-order valence-electron chi connectivity index (χ3n) is 4.09. The van der Waals surface area contributed by atoms with Gasteiger partial charge in [0.15, 0.2) is 5.78 Å². The zero-order chi connectivity index (χ0) is 13.9. The highest BCUT2D eigenvalue weighted by Gasteiger charge is 2.16. The summed E-state index contributed by atoms with van der Waals surface area (Å²) >= 11 is 0. The van der Waals surface area contributed by atoms with Crippen molar-refractivity contribution in [2.75, 3.05) is 6.54 Å². The lowest BCUT2D eigenvalue weighted by molar-refractivity contribution is 0.0987. The summed E-state index contributed by atoms with van der Waals surface area (Å²) in [5, 5.41) is 3.37. The number of Topliss-reactive ketones (excluding diaryl/α,β-unsaturated/α-hetero) is 1. The first-order valence-corrected chi connectivity index (χ1v) is 7.51. The van der Waals surface area contributed by atoms with Crippen LogP contribution in [-0.2, 0) is 6.42 Å². The van der Waals surface area contributed by atoms with Crippen molar-refractivity contribution in [1.29, 1.82) is 0 Å². The number of hydrogen-bond donors (Lipinski definition) is 2. The van der Waals surface area contributed by atoms with Crippen molar-refractivity contribution in [3.63, 3.8) is 0 Å². The molecule has 2 aromatic rings. The van der Waals surface area contributed by atoms with E-state index in [0.29, 0.717) is 12.6 Å². The Labute approximate surface area is 119 Å². The highest BCUT2D eigenvalue weighted by Crippen LogP contribution is 2.18. The van der Waals surface area contributed by atoms with Crippen molar-refractivity contribution in [1.82, 2.24) is 15.3 Å². The van der Waals surface area contributed by atoms with E-state index in [4.69, 9.17) is 0 Å². The number of imidazole rings is 1. The van der Waals surface area contributed by atoms with Crippen molar-refractivity contribution in [3.8, 4) is 0 Å². The molecule has 4 nitrogen and oxygen atoms in total. The number of benzene rings is 1. The topological polar surface area (TPSA) is 57.8 Å². The number of rotatable bonds is 5. The van der Waals surface area contributed by atoms with E-state index in [1.54, 1.807) is 0 Å². The van der Waals surface area contributed by atoms with Crippen LogP contribution in [0.2, 0.25) is 0 Å². The van der Waals surface area contributed by atoms with Crippen molar-refractivity contribution in [2.45, 2.75) is 45.1 Å². The predicted molar refractivity (Wildman–Crippen MR) is 80.1 cm³/mol. The second-order valence-corrected chi connectivity index (χ2v) is 5.55. The number of carbonyl (C=O) groups is 1. The largest absolute Gasteiger partial charge is 0.342 e. The Balaban J connectivity index is 1.70. The summed E-state index contributed by atoms with van der Waals surface area (Å²) in [6.45, 7) is 2.50. The quantitative estimate of drug-likeness (QED) is 0.822. The van der Waals surface area contributed by atoms with Gasteiger partial charge in [0.05, 0.1) is 17.6 Å². The number of aromatic nitrogens is 2. The Kier molecular flexibility index (Phi) is 3.83. The van der Waals surface area contributed by atoms with Crippen LogP contribution >= 0.6 is 0 Å². The number of hydrogen-bond acceptors (Lipinski definition) is 3. The van der Waals surface area contributed by atoms with Gasteiger partial charge in [0.2, 0.25) is 0 Å². The molecule has 0 atom stereocenters. The molecule has 0 saturated heterocycles. The normalized spacial score (nSPS) is 16.1. The summed E-state index contributed by atoms with van der Waals surface area (Å²) in [5.41, 5.74) is 2.64. The first kappa shape index (κ1) is 13.3. The summed E-state index contributed by atoms with van der Waals surface area (Å²) in [6.07, 6.45) is 5.85. The predicted octanol–water partition coefficient (Wildman–Crippen LogP) is 2.84. The lowest BCUT2D eigenvalue weighted by Gasteiger charge is -2.10. The molecule has 0 bridgehead atoms. The van der Waals surface area contributed by atoms with Crippen molar-refractivity contribution < 1.29 is 4.79 Å². The van der Waals surface area contributed by atoms with Gasteiger partial charge in [0.25, 0.3) is 0 Å². The maximum absolute atomic E-state index is 12.2. The summed E-state index contributed by atoms with van der Waals surface area (Å²) in [7, 11) is 0. The van der Waals surface area contributed by atoms with E-state index in [-0.39, 0.29) is 5.78 Å². The lowest BCUT2D eigenvalue weighted by Crippen LogP contribution is -2.31. The number of carbonyl (C=O) groups excluding carboxylic acids is 1. The van der Waals surface area contributed by atoms with E-state index < -0.39 is 0 Å². The fraction of sp³-hybridized carbons (Fsp3) is 0.500. The van der Waals surface area contributed by atoms with Crippen molar-refractivity contribution in [2.24, 2.45) is 0 Å². The molecule has 2 N–H and O–H groups in total. The Hall–Kier alpha value is -1.68. The second-order valence-electron chi connectivity index (χ2n) is 5.55. The Morgan fingerprint density at radius 1 is 1.40 bits per heavy atom. The van der Waals surface area contributed by atoms with Crippen LogP contribution in [0, 0.1) is 0 Å². The average molecular weight is 271 g/mol. The number of nitrogens with zero attached hydrogens (tertiary/aromatic N) is 1.